The summed E-state index contributed by atoms with van der Waals surface area (Å²) in [5, 5.41) is 2.52. The van der Waals surface area contributed by atoms with Gasteiger partial charge in [0.25, 0.3) is 0 Å². The van der Waals surface area contributed by atoms with Crippen molar-refractivity contribution in [3.63, 3.8) is 0 Å². The first-order valence-corrected chi connectivity index (χ1v) is 11.6. The SMILES string of the molecule is O=C(C[n+]1ccc(CCSc2ccc(F)cc2)cc1)c1ccc2cccc3c2c1CC3. The lowest BCUT2D eigenvalue weighted by molar-refractivity contribution is -0.683. The normalized spacial score (nSPS) is 12.4. The molecule has 0 N–H and O–H groups in total. The molecule has 1 aliphatic rings. The maximum atomic E-state index is 13.0. The fourth-order valence-corrected chi connectivity index (χ4v) is 5.26. The number of Topliss-reactive ketones (excluding diaryl/α,β-unsaturated/α-hetero) is 1. The third-order valence-electron chi connectivity index (χ3n) is 5.94. The molecule has 0 saturated heterocycles. The van der Waals surface area contributed by atoms with E-state index in [0.717, 1.165) is 35.5 Å². The number of carbonyl (C=O) groups is 1. The van der Waals surface area contributed by atoms with Gasteiger partial charge in [-0.25, -0.2) is 4.39 Å². The van der Waals surface area contributed by atoms with E-state index in [1.165, 1.54) is 39.6 Å². The Morgan fingerprint density at radius 1 is 0.935 bits per heavy atom. The summed E-state index contributed by atoms with van der Waals surface area (Å²) in [5.74, 6) is 0.889. The van der Waals surface area contributed by atoms with Gasteiger partial charge in [0, 0.05) is 28.3 Å². The number of halogens is 1. The molecular formula is C27H23FNOS+. The number of ketones is 1. The van der Waals surface area contributed by atoms with Crippen LogP contribution in [-0.4, -0.2) is 11.5 Å². The number of thioether (sulfide) groups is 1. The number of pyridine rings is 1. The van der Waals surface area contributed by atoms with E-state index in [1.54, 1.807) is 11.8 Å². The Labute approximate surface area is 185 Å². The summed E-state index contributed by atoms with van der Waals surface area (Å²) in [7, 11) is 0. The minimum Gasteiger partial charge on any atom is -0.287 e. The van der Waals surface area contributed by atoms with Crippen molar-refractivity contribution in [2.24, 2.45) is 0 Å². The van der Waals surface area contributed by atoms with E-state index in [4.69, 9.17) is 0 Å². The molecule has 1 heterocycles. The van der Waals surface area contributed by atoms with Crippen molar-refractivity contribution in [1.82, 2.24) is 0 Å². The van der Waals surface area contributed by atoms with Crippen LogP contribution in [-0.2, 0) is 25.8 Å². The number of benzene rings is 3. The molecule has 0 fully saturated rings. The van der Waals surface area contributed by atoms with Crippen molar-refractivity contribution in [3.05, 3.63) is 107 Å². The molecule has 0 atom stereocenters. The third kappa shape index (κ3) is 4.26. The molecule has 0 spiro atoms. The number of hydrogen-bond donors (Lipinski definition) is 0. The van der Waals surface area contributed by atoms with Gasteiger partial charge in [-0.3, -0.25) is 4.79 Å². The number of hydrogen-bond acceptors (Lipinski definition) is 2. The lowest BCUT2D eigenvalue weighted by Crippen LogP contribution is -2.37. The molecule has 5 rings (SSSR count). The topological polar surface area (TPSA) is 20.9 Å². The molecule has 31 heavy (non-hydrogen) atoms. The number of carbonyl (C=O) groups excluding carboxylic acids is 1. The van der Waals surface area contributed by atoms with E-state index in [1.807, 2.05) is 35.2 Å². The predicted molar refractivity (Wildman–Crippen MR) is 123 cm³/mol. The quantitative estimate of drug-likeness (QED) is 0.218. The van der Waals surface area contributed by atoms with Crippen LogP contribution < -0.4 is 4.57 Å². The fourth-order valence-electron chi connectivity index (χ4n) is 4.35. The molecule has 0 radical (unpaired) electrons. The van der Waals surface area contributed by atoms with Gasteiger partial charge in [0.2, 0.25) is 12.3 Å². The molecular weight excluding hydrogens is 405 g/mol. The summed E-state index contributed by atoms with van der Waals surface area (Å²) >= 11 is 1.72. The van der Waals surface area contributed by atoms with Crippen LogP contribution in [0.1, 0.15) is 27.0 Å². The molecule has 4 heteroatoms. The van der Waals surface area contributed by atoms with Crippen LogP contribution in [0.2, 0.25) is 0 Å². The lowest BCUT2D eigenvalue weighted by atomic mass is 9.97. The Balaban J connectivity index is 1.23. The molecule has 3 aromatic carbocycles. The van der Waals surface area contributed by atoms with Gasteiger partial charge in [0.05, 0.1) is 0 Å². The van der Waals surface area contributed by atoms with E-state index in [0.29, 0.717) is 6.54 Å². The molecule has 0 bridgehead atoms. The van der Waals surface area contributed by atoms with Crippen molar-refractivity contribution in [2.45, 2.75) is 30.7 Å². The Morgan fingerprint density at radius 3 is 2.55 bits per heavy atom. The lowest BCUT2D eigenvalue weighted by Gasteiger charge is -2.07. The Kier molecular flexibility index (Phi) is 5.56. The first-order valence-electron chi connectivity index (χ1n) is 10.6. The van der Waals surface area contributed by atoms with E-state index in [9.17, 15) is 9.18 Å². The molecule has 0 amide bonds. The maximum absolute atomic E-state index is 13.0. The van der Waals surface area contributed by atoms with Crippen LogP contribution in [0.5, 0.6) is 0 Å². The average Bonchev–Trinajstić information content (AvgIpc) is 3.22. The van der Waals surface area contributed by atoms with Crippen LogP contribution in [0, 0.1) is 5.82 Å². The van der Waals surface area contributed by atoms with Gasteiger partial charge < -0.3 is 0 Å². The first kappa shape index (κ1) is 20.0. The predicted octanol–water partition coefficient (Wildman–Crippen LogP) is 5.58. The van der Waals surface area contributed by atoms with Gasteiger partial charge in [-0.1, -0.05) is 30.3 Å². The van der Waals surface area contributed by atoms with Gasteiger partial charge in [-0.05, 0) is 71.0 Å². The van der Waals surface area contributed by atoms with Gasteiger partial charge in [0.1, 0.15) is 5.82 Å². The number of aromatic nitrogens is 1. The van der Waals surface area contributed by atoms with Gasteiger partial charge >= 0.3 is 0 Å². The monoisotopic (exact) mass is 428 g/mol. The summed E-state index contributed by atoms with van der Waals surface area (Å²) < 4.78 is 14.9. The fraction of sp³-hybridized carbons (Fsp3) is 0.185. The highest BCUT2D eigenvalue weighted by Crippen LogP contribution is 2.33. The molecule has 1 aromatic heterocycles. The highest BCUT2D eigenvalue weighted by atomic mass is 32.2. The zero-order chi connectivity index (χ0) is 21.2. The van der Waals surface area contributed by atoms with E-state index in [-0.39, 0.29) is 11.6 Å². The van der Waals surface area contributed by atoms with Crippen LogP contribution >= 0.6 is 11.8 Å². The van der Waals surface area contributed by atoms with Crippen molar-refractivity contribution in [3.8, 4) is 0 Å². The minimum atomic E-state index is -0.204. The molecule has 4 aromatic rings. The largest absolute Gasteiger partial charge is 0.287 e. The van der Waals surface area contributed by atoms with Crippen LogP contribution in [0.25, 0.3) is 10.8 Å². The summed E-state index contributed by atoms with van der Waals surface area (Å²) in [6.07, 6.45) is 6.87. The summed E-state index contributed by atoms with van der Waals surface area (Å²) in [6, 6.07) is 21.2. The van der Waals surface area contributed by atoms with Crippen LogP contribution in [0.3, 0.4) is 0 Å². The summed E-state index contributed by atoms with van der Waals surface area (Å²) in [4.78, 5) is 14.1. The van der Waals surface area contributed by atoms with Gasteiger partial charge in [-0.2, -0.15) is 4.57 Å². The summed E-state index contributed by atoms with van der Waals surface area (Å²) in [6.45, 7) is 0.352. The third-order valence-corrected chi connectivity index (χ3v) is 6.96. The van der Waals surface area contributed by atoms with Gasteiger partial charge in [-0.15, -0.1) is 11.8 Å². The molecule has 0 saturated carbocycles. The number of aryl methyl sites for hydroxylation is 3. The first-order chi connectivity index (χ1) is 15.2. The second-order valence-corrected chi connectivity index (χ2v) is 9.13. The Morgan fingerprint density at radius 2 is 1.74 bits per heavy atom. The maximum Gasteiger partial charge on any atom is 0.227 e. The minimum absolute atomic E-state index is 0.165. The Bertz CT molecular complexity index is 1250. The van der Waals surface area contributed by atoms with E-state index < -0.39 is 0 Å². The molecule has 0 aliphatic heterocycles. The smallest absolute Gasteiger partial charge is 0.227 e. The molecule has 1 aliphatic carbocycles. The van der Waals surface area contributed by atoms with Gasteiger partial charge in [0.15, 0.2) is 12.4 Å². The molecule has 154 valence electrons. The second kappa shape index (κ2) is 8.64. The standard InChI is InChI=1S/C27H23FNOS/c28-22-6-8-23(9-7-22)31-17-14-19-12-15-29(16-13-19)18-26(30)24-10-4-20-2-1-3-21-5-11-25(24)27(20)21/h1-4,6-10,12-13,15-16H,5,11,14,17-18H2/q+1. The van der Waals surface area contributed by atoms with E-state index >= 15 is 0 Å². The number of nitrogens with zero attached hydrogens (tertiary/aromatic N) is 1. The van der Waals surface area contributed by atoms with Crippen LogP contribution in [0.15, 0.2) is 84.0 Å². The van der Waals surface area contributed by atoms with Crippen molar-refractivity contribution in [1.29, 1.82) is 0 Å². The van der Waals surface area contributed by atoms with Crippen LogP contribution in [0.4, 0.5) is 4.39 Å². The zero-order valence-corrected chi connectivity index (χ0v) is 18.0. The average molecular weight is 429 g/mol. The molecule has 2 nitrogen and oxygen atoms in total. The molecule has 0 unspecified atom stereocenters. The number of rotatable bonds is 7. The summed E-state index contributed by atoms with van der Waals surface area (Å²) in [5.41, 5.74) is 4.67. The second-order valence-electron chi connectivity index (χ2n) is 7.96. The van der Waals surface area contributed by atoms with E-state index in [2.05, 4.69) is 36.4 Å². The highest BCUT2D eigenvalue weighted by molar-refractivity contribution is 7.99. The van der Waals surface area contributed by atoms with Crippen molar-refractivity contribution < 1.29 is 13.8 Å². The van der Waals surface area contributed by atoms with Crippen molar-refractivity contribution in [2.75, 3.05) is 5.75 Å². The Hall–Kier alpha value is -2.98. The highest BCUT2D eigenvalue weighted by Gasteiger charge is 2.22. The van der Waals surface area contributed by atoms with Crippen molar-refractivity contribution >= 4 is 28.3 Å². The zero-order valence-electron chi connectivity index (χ0n) is 17.2.